The molecule has 37 heavy (non-hydrogen) atoms. The average molecular weight is 549 g/mol. The topological polar surface area (TPSA) is 73.6 Å². The van der Waals surface area contributed by atoms with Crippen LogP contribution in [0.1, 0.15) is 38.7 Å². The fourth-order valence-corrected chi connectivity index (χ4v) is 4.93. The van der Waals surface area contributed by atoms with Gasteiger partial charge in [0.2, 0.25) is 0 Å². The summed E-state index contributed by atoms with van der Waals surface area (Å²) in [7, 11) is 0. The number of amides is 1. The van der Waals surface area contributed by atoms with E-state index in [1.54, 1.807) is 0 Å². The molecule has 0 radical (unpaired) electrons. The summed E-state index contributed by atoms with van der Waals surface area (Å²) in [6.45, 7) is 14.6. The van der Waals surface area contributed by atoms with Gasteiger partial charge in [-0.25, -0.2) is 4.98 Å². The zero-order chi connectivity index (χ0) is 25.1. The number of rotatable bonds is 7. The van der Waals surface area contributed by atoms with Crippen molar-refractivity contribution < 1.29 is 9.90 Å². The second-order valence-corrected chi connectivity index (χ2v) is 9.59. The number of β-amino-alcohol motifs (C(OH)–C–C–N with tert-alkyl or cyclic N) is 1. The first-order chi connectivity index (χ1) is 16.8. The Morgan fingerprint density at radius 3 is 2.22 bits per heavy atom. The van der Waals surface area contributed by atoms with Gasteiger partial charge in [-0.3, -0.25) is 9.69 Å². The van der Waals surface area contributed by atoms with Crippen LogP contribution in [-0.2, 0) is 0 Å². The van der Waals surface area contributed by atoms with Crippen molar-refractivity contribution in [1.29, 1.82) is 0 Å². The minimum atomic E-state index is -0.633. The maximum Gasteiger partial charge on any atom is 0.271 e. The Kier molecular flexibility index (Phi) is 11.0. The van der Waals surface area contributed by atoms with Crippen molar-refractivity contribution in [2.24, 2.45) is 0 Å². The van der Waals surface area contributed by atoms with E-state index in [2.05, 4.69) is 52.1 Å². The summed E-state index contributed by atoms with van der Waals surface area (Å²) in [6.07, 6.45) is -0.633. The molecule has 0 bridgehead atoms. The number of hydrogen-bond donors (Lipinski definition) is 2. The molecule has 0 saturated carbocycles. The molecule has 202 valence electrons. The number of nitrogens with one attached hydrogen (secondary N) is 1. The lowest BCUT2D eigenvalue weighted by molar-refractivity contribution is 0.0847. The van der Waals surface area contributed by atoms with Gasteiger partial charge in [0.1, 0.15) is 11.5 Å². The molecule has 9 heteroatoms. The summed E-state index contributed by atoms with van der Waals surface area (Å²) in [5, 5.41) is 13.5. The summed E-state index contributed by atoms with van der Waals surface area (Å²) in [6, 6.07) is 14.5. The molecule has 1 saturated heterocycles. The largest absolute Gasteiger partial charge is 0.390 e. The van der Waals surface area contributed by atoms with E-state index in [1.807, 2.05) is 49.6 Å². The first-order valence-corrected chi connectivity index (χ1v) is 12.4. The number of carbonyl (C=O) groups excluding carboxylic acids is 1. The predicted molar refractivity (Wildman–Crippen MR) is 155 cm³/mol. The number of halogens is 2. The number of aliphatic hydroxyl groups is 1. The van der Waals surface area contributed by atoms with E-state index < -0.39 is 6.10 Å². The third-order valence-electron chi connectivity index (χ3n) is 7.10. The summed E-state index contributed by atoms with van der Waals surface area (Å²) >= 11 is 0. The summed E-state index contributed by atoms with van der Waals surface area (Å²) in [4.78, 5) is 22.1. The van der Waals surface area contributed by atoms with Crippen LogP contribution in [0, 0.1) is 34.6 Å². The quantitative estimate of drug-likeness (QED) is 0.464. The normalized spacial score (nSPS) is 14.5. The van der Waals surface area contributed by atoms with Gasteiger partial charge in [-0.15, -0.1) is 24.8 Å². The maximum atomic E-state index is 12.9. The van der Waals surface area contributed by atoms with Crippen LogP contribution < -0.4 is 10.2 Å². The van der Waals surface area contributed by atoms with Gasteiger partial charge in [0.15, 0.2) is 0 Å². The van der Waals surface area contributed by atoms with Crippen LogP contribution in [0.5, 0.6) is 0 Å². The SMILES string of the molecule is Cc1ccccc1-n1c(C)nc(C(=O)NCC(O)CN2CCN(c3cccc(C)c3C)CC2)c1C.Cl.Cl. The molecule has 1 aliphatic heterocycles. The van der Waals surface area contributed by atoms with Crippen LogP contribution in [0.15, 0.2) is 42.5 Å². The molecule has 0 spiro atoms. The molecule has 7 nitrogen and oxygen atoms in total. The molecular weight excluding hydrogens is 509 g/mol. The van der Waals surface area contributed by atoms with Gasteiger partial charge in [0, 0.05) is 50.6 Å². The highest BCUT2D eigenvalue weighted by Gasteiger charge is 2.23. The Morgan fingerprint density at radius 1 is 0.919 bits per heavy atom. The van der Waals surface area contributed by atoms with Gasteiger partial charge in [-0.05, 0) is 63.4 Å². The number of anilines is 1. The molecule has 2 aromatic carbocycles. The second kappa shape index (κ2) is 13.3. The van der Waals surface area contributed by atoms with E-state index in [1.165, 1.54) is 16.8 Å². The molecule has 1 fully saturated rings. The Bertz CT molecular complexity index is 1210. The van der Waals surface area contributed by atoms with Crippen LogP contribution >= 0.6 is 24.8 Å². The standard InChI is InChI=1S/C28H37N5O2.2ClH/c1-19-10-8-12-26(21(19)3)32-15-13-31(14-16-32)18-24(34)17-29-28(35)27-22(4)33(23(5)30-27)25-11-7-6-9-20(25)2;;/h6-12,24,34H,13-18H2,1-5H3,(H,29,35);2*1H. The minimum Gasteiger partial charge on any atom is -0.390 e. The molecule has 1 unspecified atom stereocenters. The van der Waals surface area contributed by atoms with Crippen molar-refractivity contribution in [3.05, 3.63) is 76.4 Å². The van der Waals surface area contributed by atoms with Crippen molar-refractivity contribution >= 4 is 36.4 Å². The number of aryl methyl sites for hydroxylation is 3. The highest BCUT2D eigenvalue weighted by molar-refractivity contribution is 5.93. The Labute approximate surface area is 232 Å². The summed E-state index contributed by atoms with van der Waals surface area (Å²) in [5.74, 6) is 0.515. The van der Waals surface area contributed by atoms with E-state index in [-0.39, 0.29) is 37.3 Å². The maximum absolute atomic E-state index is 12.9. The molecule has 2 heterocycles. The third-order valence-corrected chi connectivity index (χ3v) is 7.10. The lowest BCUT2D eigenvalue weighted by Gasteiger charge is -2.37. The number of benzene rings is 2. The number of hydrogen-bond acceptors (Lipinski definition) is 5. The molecule has 2 N–H and O–H groups in total. The van der Waals surface area contributed by atoms with Crippen LogP contribution in [0.25, 0.3) is 5.69 Å². The van der Waals surface area contributed by atoms with Crippen LogP contribution in [0.2, 0.25) is 0 Å². The molecule has 0 aliphatic carbocycles. The van der Waals surface area contributed by atoms with E-state index in [4.69, 9.17) is 0 Å². The van der Waals surface area contributed by atoms with E-state index in [0.29, 0.717) is 12.2 Å². The highest BCUT2D eigenvalue weighted by atomic mass is 35.5. The Balaban J connectivity index is 0.00000241. The Hall–Kier alpha value is -2.58. The fourth-order valence-electron chi connectivity index (χ4n) is 4.93. The first-order valence-electron chi connectivity index (χ1n) is 12.4. The van der Waals surface area contributed by atoms with Crippen LogP contribution in [0.3, 0.4) is 0 Å². The number of piperazine rings is 1. The Morgan fingerprint density at radius 2 is 1.54 bits per heavy atom. The minimum absolute atomic E-state index is 0. The molecule has 4 rings (SSSR count). The average Bonchev–Trinajstić information content (AvgIpc) is 3.14. The zero-order valence-electron chi connectivity index (χ0n) is 22.3. The number of carbonyl (C=O) groups is 1. The summed E-state index contributed by atoms with van der Waals surface area (Å²) in [5.41, 5.74) is 7.29. The van der Waals surface area contributed by atoms with Gasteiger partial charge in [0.05, 0.1) is 11.8 Å². The van der Waals surface area contributed by atoms with Crippen molar-refractivity contribution in [3.8, 4) is 5.69 Å². The predicted octanol–water partition coefficient (Wildman–Crippen LogP) is 4.17. The number of aliphatic hydroxyl groups excluding tert-OH is 1. The van der Waals surface area contributed by atoms with Crippen molar-refractivity contribution in [2.45, 2.75) is 40.7 Å². The first kappa shape index (κ1) is 30.6. The number of aromatic nitrogens is 2. The second-order valence-electron chi connectivity index (χ2n) is 9.59. The number of nitrogens with zero attached hydrogens (tertiary/aromatic N) is 4. The summed E-state index contributed by atoms with van der Waals surface area (Å²) < 4.78 is 2.01. The van der Waals surface area contributed by atoms with E-state index in [9.17, 15) is 9.90 Å². The zero-order valence-corrected chi connectivity index (χ0v) is 24.0. The lowest BCUT2D eigenvalue weighted by Crippen LogP contribution is -2.50. The van der Waals surface area contributed by atoms with Gasteiger partial charge in [-0.1, -0.05) is 30.3 Å². The number of para-hydroxylation sites is 1. The highest BCUT2D eigenvalue weighted by Crippen LogP contribution is 2.24. The number of imidazole rings is 1. The third kappa shape index (κ3) is 6.85. The van der Waals surface area contributed by atoms with Crippen LogP contribution in [0.4, 0.5) is 5.69 Å². The van der Waals surface area contributed by atoms with Gasteiger partial charge < -0.3 is 19.9 Å². The molecule has 1 atom stereocenters. The molecule has 1 amide bonds. The van der Waals surface area contributed by atoms with Crippen molar-refractivity contribution in [3.63, 3.8) is 0 Å². The molecular formula is C28H39Cl2N5O2. The van der Waals surface area contributed by atoms with E-state index in [0.717, 1.165) is 48.9 Å². The van der Waals surface area contributed by atoms with Crippen LogP contribution in [-0.4, -0.2) is 70.8 Å². The van der Waals surface area contributed by atoms with Gasteiger partial charge in [-0.2, -0.15) is 0 Å². The smallest absolute Gasteiger partial charge is 0.271 e. The molecule has 1 aromatic heterocycles. The van der Waals surface area contributed by atoms with Crippen molar-refractivity contribution in [1.82, 2.24) is 19.8 Å². The van der Waals surface area contributed by atoms with E-state index >= 15 is 0 Å². The van der Waals surface area contributed by atoms with Gasteiger partial charge in [0.25, 0.3) is 5.91 Å². The fraction of sp³-hybridized carbons (Fsp3) is 0.429. The van der Waals surface area contributed by atoms with Crippen molar-refractivity contribution in [2.75, 3.05) is 44.2 Å². The van der Waals surface area contributed by atoms with Gasteiger partial charge >= 0.3 is 0 Å². The molecule has 1 aliphatic rings. The molecule has 3 aromatic rings. The lowest BCUT2D eigenvalue weighted by atomic mass is 10.1. The monoisotopic (exact) mass is 547 g/mol.